The van der Waals surface area contributed by atoms with Gasteiger partial charge in [-0.05, 0) is 27.2 Å². The molecule has 0 aliphatic carbocycles. The number of halogens is 2. The number of amides is 1. The largest absolute Gasteiger partial charge is 0.480 e. The molecule has 0 spiro atoms. The Morgan fingerprint density at radius 1 is 1.22 bits per heavy atom. The van der Waals surface area contributed by atoms with Crippen LogP contribution in [-0.4, -0.2) is 70.2 Å². The highest BCUT2D eigenvalue weighted by atomic mass is 19.3. The van der Waals surface area contributed by atoms with E-state index in [0.29, 0.717) is 0 Å². The van der Waals surface area contributed by atoms with Gasteiger partial charge in [-0.2, -0.15) is 0 Å². The molecule has 1 N–H and O–H groups in total. The molecule has 2 fully saturated rings. The molecule has 23 heavy (non-hydrogen) atoms. The lowest BCUT2D eigenvalue weighted by Gasteiger charge is -2.35. The van der Waals surface area contributed by atoms with Crippen molar-refractivity contribution in [1.29, 1.82) is 0 Å². The molecule has 2 atom stereocenters. The number of carbonyl (C=O) groups excluding carboxylic acids is 1. The third-order valence-corrected chi connectivity index (χ3v) is 4.24. The van der Waals surface area contributed by atoms with Gasteiger partial charge < -0.3 is 9.84 Å². The number of aliphatic carboxylic acids is 1. The number of likely N-dealkylation sites (tertiary alicyclic amines) is 2. The predicted molar refractivity (Wildman–Crippen MR) is 78.5 cm³/mol. The highest BCUT2D eigenvalue weighted by Gasteiger charge is 2.45. The van der Waals surface area contributed by atoms with Gasteiger partial charge in [-0.15, -0.1) is 0 Å². The van der Waals surface area contributed by atoms with E-state index < -0.39 is 29.6 Å². The van der Waals surface area contributed by atoms with Gasteiger partial charge in [0.25, 0.3) is 5.92 Å². The molecule has 0 aromatic rings. The van der Waals surface area contributed by atoms with Crippen molar-refractivity contribution in [1.82, 2.24) is 9.80 Å². The van der Waals surface area contributed by atoms with Crippen LogP contribution in [-0.2, 0) is 9.53 Å². The topological polar surface area (TPSA) is 70.1 Å². The van der Waals surface area contributed by atoms with Crippen molar-refractivity contribution in [2.75, 3.05) is 19.6 Å². The number of hydrogen-bond acceptors (Lipinski definition) is 4. The van der Waals surface area contributed by atoms with Crippen molar-refractivity contribution < 1.29 is 28.2 Å². The molecule has 6 nitrogen and oxygen atoms in total. The number of carboxylic acids is 1. The van der Waals surface area contributed by atoms with E-state index in [0.717, 1.165) is 0 Å². The molecular weight excluding hydrogens is 310 g/mol. The van der Waals surface area contributed by atoms with Crippen LogP contribution >= 0.6 is 0 Å². The molecule has 0 bridgehead atoms. The molecule has 8 heteroatoms. The van der Waals surface area contributed by atoms with Crippen LogP contribution in [0.4, 0.5) is 13.6 Å². The Morgan fingerprint density at radius 2 is 1.78 bits per heavy atom. The molecule has 0 radical (unpaired) electrons. The van der Waals surface area contributed by atoms with Gasteiger partial charge in [-0.1, -0.05) is 0 Å². The average molecular weight is 334 g/mol. The molecule has 2 aliphatic heterocycles. The summed E-state index contributed by atoms with van der Waals surface area (Å²) in [5.41, 5.74) is -0.717. The highest BCUT2D eigenvalue weighted by Crippen LogP contribution is 2.32. The number of rotatable bonds is 2. The Kier molecular flexibility index (Phi) is 4.84. The van der Waals surface area contributed by atoms with E-state index in [9.17, 15) is 23.5 Å². The summed E-state index contributed by atoms with van der Waals surface area (Å²) < 4.78 is 31.8. The molecular formula is C15H24F2N2O4. The molecule has 1 amide bonds. The molecule has 132 valence electrons. The first-order chi connectivity index (χ1) is 10.5. The van der Waals surface area contributed by atoms with Crippen LogP contribution in [0.1, 0.15) is 40.0 Å². The van der Waals surface area contributed by atoms with E-state index in [1.807, 2.05) is 4.90 Å². The zero-order valence-corrected chi connectivity index (χ0v) is 13.7. The van der Waals surface area contributed by atoms with Crippen molar-refractivity contribution in [2.24, 2.45) is 0 Å². The fraction of sp³-hybridized carbons (Fsp3) is 0.867. The van der Waals surface area contributed by atoms with Crippen LogP contribution in [0, 0.1) is 0 Å². The summed E-state index contributed by atoms with van der Waals surface area (Å²) in [5.74, 6) is -3.74. The second kappa shape index (κ2) is 6.22. The summed E-state index contributed by atoms with van der Waals surface area (Å²) in [6.07, 6.45) is -0.892. The zero-order valence-electron chi connectivity index (χ0n) is 13.7. The van der Waals surface area contributed by atoms with Crippen LogP contribution in [0.5, 0.6) is 0 Å². The van der Waals surface area contributed by atoms with Gasteiger partial charge in [0.15, 0.2) is 0 Å². The van der Waals surface area contributed by atoms with Crippen LogP contribution in [0.25, 0.3) is 0 Å². The third-order valence-electron chi connectivity index (χ3n) is 4.24. The minimum atomic E-state index is -2.65. The fourth-order valence-corrected chi connectivity index (χ4v) is 3.05. The van der Waals surface area contributed by atoms with Crippen molar-refractivity contribution >= 4 is 12.1 Å². The van der Waals surface area contributed by atoms with E-state index in [2.05, 4.69) is 0 Å². The lowest BCUT2D eigenvalue weighted by atomic mass is 10.0. The number of nitrogens with zero attached hydrogens (tertiary/aromatic N) is 2. The lowest BCUT2D eigenvalue weighted by molar-refractivity contribution is -0.142. The summed E-state index contributed by atoms with van der Waals surface area (Å²) in [6.45, 7) is 5.75. The second-order valence-corrected chi connectivity index (χ2v) is 7.27. The summed E-state index contributed by atoms with van der Waals surface area (Å²) in [4.78, 5) is 26.7. The molecule has 0 saturated carbocycles. The van der Waals surface area contributed by atoms with Gasteiger partial charge in [0.1, 0.15) is 11.6 Å². The SMILES string of the molecule is CC(C)(C)OC(=O)N1C[C@H](N2CCC(F)(F)CC2)C[C@H]1C(=O)O. The molecule has 0 unspecified atom stereocenters. The molecule has 0 aromatic heterocycles. The van der Waals surface area contributed by atoms with Crippen molar-refractivity contribution in [3.63, 3.8) is 0 Å². The quantitative estimate of drug-likeness (QED) is 0.838. The second-order valence-electron chi connectivity index (χ2n) is 7.27. The van der Waals surface area contributed by atoms with E-state index in [1.54, 1.807) is 20.8 Å². The van der Waals surface area contributed by atoms with Gasteiger partial charge in [0.05, 0.1) is 0 Å². The van der Waals surface area contributed by atoms with Crippen molar-refractivity contribution in [3.8, 4) is 0 Å². The molecule has 2 rings (SSSR count). The van der Waals surface area contributed by atoms with Crippen molar-refractivity contribution in [3.05, 3.63) is 0 Å². The Labute approximate surface area is 134 Å². The first-order valence-electron chi connectivity index (χ1n) is 7.83. The maximum Gasteiger partial charge on any atom is 0.411 e. The van der Waals surface area contributed by atoms with Gasteiger partial charge in [-0.3, -0.25) is 9.80 Å². The van der Waals surface area contributed by atoms with Gasteiger partial charge in [0, 0.05) is 38.5 Å². The van der Waals surface area contributed by atoms with E-state index in [4.69, 9.17) is 4.74 Å². The van der Waals surface area contributed by atoms with Crippen LogP contribution in [0.2, 0.25) is 0 Å². The van der Waals surface area contributed by atoms with E-state index in [1.165, 1.54) is 4.90 Å². The van der Waals surface area contributed by atoms with E-state index >= 15 is 0 Å². The summed E-state index contributed by atoms with van der Waals surface area (Å²) in [5, 5.41) is 9.34. The average Bonchev–Trinajstić information content (AvgIpc) is 2.82. The Morgan fingerprint density at radius 3 is 2.26 bits per heavy atom. The Bertz CT molecular complexity index is 469. The van der Waals surface area contributed by atoms with Crippen LogP contribution < -0.4 is 0 Å². The number of ether oxygens (including phenoxy) is 1. The minimum Gasteiger partial charge on any atom is -0.480 e. The Hall–Kier alpha value is -1.44. The number of carboxylic acid groups (broad SMARTS) is 1. The summed E-state index contributed by atoms with van der Waals surface area (Å²) in [7, 11) is 0. The summed E-state index contributed by atoms with van der Waals surface area (Å²) >= 11 is 0. The normalized spacial score (nSPS) is 28.7. The van der Waals surface area contributed by atoms with Crippen molar-refractivity contribution in [2.45, 2.75) is 63.6 Å². The first kappa shape index (κ1) is 17.9. The first-order valence-corrected chi connectivity index (χ1v) is 7.83. The lowest BCUT2D eigenvalue weighted by Crippen LogP contribution is -2.47. The predicted octanol–water partition coefficient (Wildman–Crippen LogP) is 2.18. The number of piperidine rings is 1. The van der Waals surface area contributed by atoms with Gasteiger partial charge in [0.2, 0.25) is 0 Å². The van der Waals surface area contributed by atoms with Gasteiger partial charge >= 0.3 is 12.1 Å². The standard InChI is InChI=1S/C15H24F2N2O4/c1-14(2,3)23-13(22)19-9-10(8-11(19)12(20)21)18-6-4-15(16,17)5-7-18/h10-11H,4-9H2,1-3H3,(H,20,21)/t10-,11+/m1/s1. The maximum atomic E-state index is 13.3. The van der Waals surface area contributed by atoms with Gasteiger partial charge in [-0.25, -0.2) is 18.4 Å². The van der Waals surface area contributed by atoms with E-state index in [-0.39, 0.29) is 44.9 Å². The molecule has 0 aromatic carbocycles. The van der Waals surface area contributed by atoms with Crippen LogP contribution in [0.15, 0.2) is 0 Å². The smallest absolute Gasteiger partial charge is 0.411 e. The molecule has 2 saturated heterocycles. The third kappa shape index (κ3) is 4.53. The monoisotopic (exact) mass is 334 g/mol. The number of hydrogen-bond donors (Lipinski definition) is 1. The maximum absolute atomic E-state index is 13.3. The zero-order chi connectivity index (χ0) is 17.4. The van der Waals surface area contributed by atoms with Crippen LogP contribution in [0.3, 0.4) is 0 Å². The molecule has 2 aliphatic rings. The summed E-state index contributed by atoms with van der Waals surface area (Å²) in [6, 6.07) is -1.20. The molecule has 2 heterocycles. The number of carbonyl (C=O) groups is 2. The highest BCUT2D eigenvalue weighted by molar-refractivity contribution is 5.81. The fourth-order valence-electron chi connectivity index (χ4n) is 3.05. The number of alkyl halides is 2. The minimum absolute atomic E-state index is 0.192. The Balaban J connectivity index is 2.03.